The number of hydrogen-bond acceptors (Lipinski definition) is 4. The van der Waals surface area contributed by atoms with Crippen LogP contribution in [0.15, 0.2) is 41.7 Å². The second kappa shape index (κ2) is 7.67. The summed E-state index contributed by atoms with van der Waals surface area (Å²) in [5.41, 5.74) is 5.97. The van der Waals surface area contributed by atoms with Gasteiger partial charge in [0.05, 0.1) is 11.4 Å². The molecule has 30 heavy (non-hydrogen) atoms. The van der Waals surface area contributed by atoms with Crippen LogP contribution in [0.5, 0.6) is 0 Å². The van der Waals surface area contributed by atoms with Crippen LogP contribution in [0, 0.1) is 12.8 Å². The van der Waals surface area contributed by atoms with Crippen molar-refractivity contribution in [1.29, 1.82) is 0 Å². The summed E-state index contributed by atoms with van der Waals surface area (Å²) in [7, 11) is 0. The third-order valence-electron chi connectivity index (χ3n) is 6.45. The Hall–Kier alpha value is -3.02. The molecule has 3 aliphatic rings. The average Bonchev–Trinajstić information content (AvgIpc) is 3.16. The number of aromatic nitrogens is 1. The van der Waals surface area contributed by atoms with E-state index in [1.54, 1.807) is 24.5 Å². The Kier molecular flexibility index (Phi) is 4.85. The van der Waals surface area contributed by atoms with Crippen LogP contribution in [0.3, 0.4) is 0 Å². The van der Waals surface area contributed by atoms with E-state index in [0.717, 1.165) is 36.2 Å². The molecular weight excluding hydrogens is 376 g/mol. The first-order valence-electron chi connectivity index (χ1n) is 10.9. The summed E-state index contributed by atoms with van der Waals surface area (Å²) >= 11 is 0. The molecule has 2 aliphatic heterocycles. The number of pyridine rings is 1. The number of aliphatic imine (C=N–C) groups is 1. The number of aryl methyl sites for hydroxylation is 1. The Morgan fingerprint density at radius 2 is 1.90 bits per heavy atom. The fourth-order valence-electron chi connectivity index (χ4n) is 5.04. The fourth-order valence-corrected chi connectivity index (χ4v) is 5.04. The molecule has 6 nitrogen and oxygen atoms in total. The summed E-state index contributed by atoms with van der Waals surface area (Å²) in [6.45, 7) is 2.74. The summed E-state index contributed by atoms with van der Waals surface area (Å²) in [5.74, 6) is -0.116. The van der Waals surface area contributed by atoms with E-state index in [1.165, 1.54) is 30.4 Å². The van der Waals surface area contributed by atoms with E-state index in [-0.39, 0.29) is 11.8 Å². The van der Waals surface area contributed by atoms with Gasteiger partial charge in [-0.25, -0.2) is 0 Å². The van der Waals surface area contributed by atoms with E-state index in [2.05, 4.69) is 29.4 Å². The zero-order valence-electron chi connectivity index (χ0n) is 17.2. The number of carbonyl (C=O) groups is 2. The predicted octanol–water partition coefficient (Wildman–Crippen LogP) is 3.42. The van der Waals surface area contributed by atoms with Gasteiger partial charge in [0.25, 0.3) is 11.8 Å². The first-order chi connectivity index (χ1) is 14.6. The SMILES string of the molecule is Cc1cc2c3c(c1)C(C1CCCCC1)=NC(NC(=O)c1ccncc1)C(=O)N3CC2. The molecule has 1 saturated carbocycles. The van der Waals surface area contributed by atoms with Crippen molar-refractivity contribution < 1.29 is 9.59 Å². The quantitative estimate of drug-likeness (QED) is 0.855. The highest BCUT2D eigenvalue weighted by molar-refractivity contribution is 6.15. The third-order valence-corrected chi connectivity index (χ3v) is 6.45. The minimum Gasteiger partial charge on any atom is -0.322 e. The lowest BCUT2D eigenvalue weighted by Crippen LogP contribution is -2.47. The molecule has 0 saturated heterocycles. The van der Waals surface area contributed by atoms with Gasteiger partial charge in [-0.15, -0.1) is 0 Å². The van der Waals surface area contributed by atoms with Gasteiger partial charge in [-0.2, -0.15) is 0 Å². The lowest BCUT2D eigenvalue weighted by molar-refractivity contribution is -0.120. The molecule has 1 fully saturated rings. The largest absolute Gasteiger partial charge is 0.322 e. The topological polar surface area (TPSA) is 74.7 Å². The van der Waals surface area contributed by atoms with Crippen molar-refractivity contribution in [2.24, 2.45) is 10.9 Å². The molecule has 1 N–H and O–H groups in total. The number of amides is 2. The maximum absolute atomic E-state index is 13.4. The predicted molar refractivity (Wildman–Crippen MR) is 116 cm³/mol. The Morgan fingerprint density at radius 1 is 1.13 bits per heavy atom. The molecule has 0 spiro atoms. The molecule has 154 valence electrons. The molecule has 5 rings (SSSR count). The Balaban J connectivity index is 1.58. The Labute approximate surface area is 176 Å². The summed E-state index contributed by atoms with van der Waals surface area (Å²) < 4.78 is 0. The molecule has 1 unspecified atom stereocenters. The van der Waals surface area contributed by atoms with Crippen molar-refractivity contribution in [1.82, 2.24) is 10.3 Å². The summed E-state index contributed by atoms with van der Waals surface area (Å²) in [5, 5.41) is 2.89. The van der Waals surface area contributed by atoms with E-state index in [4.69, 9.17) is 4.99 Å². The van der Waals surface area contributed by atoms with Crippen LogP contribution in [0.1, 0.15) is 59.2 Å². The molecule has 2 amide bonds. The molecule has 0 radical (unpaired) electrons. The molecular formula is C24H26N4O2. The third kappa shape index (κ3) is 3.30. The number of carbonyl (C=O) groups excluding carboxylic acids is 2. The van der Waals surface area contributed by atoms with E-state index < -0.39 is 6.17 Å². The van der Waals surface area contributed by atoms with Crippen LogP contribution in [-0.2, 0) is 11.2 Å². The standard InChI is InChI=1S/C24H26N4O2/c1-15-13-18-9-12-28-21(18)19(14-15)20(16-5-3-2-4-6-16)26-22(24(28)30)27-23(29)17-7-10-25-11-8-17/h7-8,10-11,13-14,16,22H,2-6,9,12H2,1H3,(H,27,29). The van der Waals surface area contributed by atoms with Crippen LogP contribution in [0.4, 0.5) is 5.69 Å². The first-order valence-corrected chi connectivity index (χ1v) is 10.9. The number of benzene rings is 1. The molecule has 3 heterocycles. The van der Waals surface area contributed by atoms with Gasteiger partial charge in [-0.05, 0) is 49.9 Å². The minimum absolute atomic E-state index is 0.146. The van der Waals surface area contributed by atoms with Crippen LogP contribution >= 0.6 is 0 Å². The van der Waals surface area contributed by atoms with E-state index >= 15 is 0 Å². The number of rotatable bonds is 3. The van der Waals surface area contributed by atoms with E-state index in [0.29, 0.717) is 18.0 Å². The lowest BCUT2D eigenvalue weighted by Gasteiger charge is -2.25. The second-order valence-corrected chi connectivity index (χ2v) is 8.52. The smallest absolute Gasteiger partial charge is 0.272 e. The van der Waals surface area contributed by atoms with Crippen molar-refractivity contribution in [3.8, 4) is 0 Å². The maximum atomic E-state index is 13.4. The summed E-state index contributed by atoms with van der Waals surface area (Å²) in [6, 6.07) is 7.65. The molecule has 1 aromatic carbocycles. The highest BCUT2D eigenvalue weighted by Gasteiger charge is 2.38. The van der Waals surface area contributed by atoms with Gasteiger partial charge in [-0.1, -0.05) is 30.9 Å². The fraction of sp³-hybridized carbons (Fsp3) is 0.417. The number of nitrogens with one attached hydrogen (secondary N) is 1. The second-order valence-electron chi connectivity index (χ2n) is 8.52. The lowest BCUT2D eigenvalue weighted by atomic mass is 9.82. The van der Waals surface area contributed by atoms with Gasteiger partial charge in [0.15, 0.2) is 0 Å². The van der Waals surface area contributed by atoms with E-state index in [1.807, 2.05) is 4.90 Å². The van der Waals surface area contributed by atoms with Gasteiger partial charge in [0.2, 0.25) is 6.17 Å². The summed E-state index contributed by atoms with van der Waals surface area (Å²) in [4.78, 5) is 37.0. The Bertz CT molecular complexity index is 1030. The van der Waals surface area contributed by atoms with Crippen molar-refractivity contribution in [2.75, 3.05) is 11.4 Å². The van der Waals surface area contributed by atoms with Gasteiger partial charge >= 0.3 is 0 Å². The van der Waals surface area contributed by atoms with Crippen molar-refractivity contribution in [2.45, 2.75) is 51.6 Å². The van der Waals surface area contributed by atoms with Crippen molar-refractivity contribution in [3.05, 3.63) is 58.9 Å². The highest BCUT2D eigenvalue weighted by Crippen LogP contribution is 2.39. The molecule has 6 heteroatoms. The van der Waals surface area contributed by atoms with Crippen molar-refractivity contribution >= 4 is 23.2 Å². The van der Waals surface area contributed by atoms with Gasteiger partial charge in [-0.3, -0.25) is 19.6 Å². The van der Waals surface area contributed by atoms with Crippen LogP contribution < -0.4 is 10.2 Å². The molecule has 1 atom stereocenters. The Morgan fingerprint density at radius 3 is 2.67 bits per heavy atom. The van der Waals surface area contributed by atoms with Crippen LogP contribution in [0.25, 0.3) is 0 Å². The monoisotopic (exact) mass is 402 g/mol. The number of nitrogens with zero attached hydrogens (tertiary/aromatic N) is 3. The molecule has 2 aromatic rings. The van der Waals surface area contributed by atoms with E-state index in [9.17, 15) is 9.59 Å². The summed E-state index contributed by atoms with van der Waals surface area (Å²) in [6.07, 6.45) is 8.88. The normalized spacial score (nSPS) is 21.1. The molecule has 1 aliphatic carbocycles. The zero-order chi connectivity index (χ0) is 20.7. The minimum atomic E-state index is -0.902. The average molecular weight is 402 g/mol. The first kappa shape index (κ1) is 19.0. The number of hydrogen-bond donors (Lipinski definition) is 1. The van der Waals surface area contributed by atoms with Crippen molar-refractivity contribution in [3.63, 3.8) is 0 Å². The van der Waals surface area contributed by atoms with Gasteiger partial charge in [0.1, 0.15) is 0 Å². The number of anilines is 1. The molecule has 0 bridgehead atoms. The van der Waals surface area contributed by atoms with Crippen LogP contribution in [-0.4, -0.2) is 35.2 Å². The maximum Gasteiger partial charge on any atom is 0.272 e. The van der Waals surface area contributed by atoms with Gasteiger partial charge in [0, 0.05) is 36.0 Å². The highest BCUT2D eigenvalue weighted by atomic mass is 16.2. The molecule has 1 aromatic heterocycles. The van der Waals surface area contributed by atoms with Crippen LogP contribution in [0.2, 0.25) is 0 Å². The zero-order valence-corrected chi connectivity index (χ0v) is 17.2. The van der Waals surface area contributed by atoms with Gasteiger partial charge < -0.3 is 10.2 Å².